The van der Waals surface area contributed by atoms with Gasteiger partial charge in [-0.3, -0.25) is 20.9 Å². The van der Waals surface area contributed by atoms with Crippen LogP contribution in [0.1, 0.15) is 20.8 Å². The van der Waals surface area contributed by atoms with E-state index in [1.165, 1.54) is 12.2 Å². The van der Waals surface area contributed by atoms with Crippen molar-refractivity contribution in [1.29, 1.82) is 10.8 Å². The highest BCUT2D eigenvalue weighted by Crippen LogP contribution is 2.11. The lowest BCUT2D eigenvalue weighted by Crippen LogP contribution is -2.22. The molecule has 0 fully saturated rings. The van der Waals surface area contributed by atoms with Crippen molar-refractivity contribution in [1.82, 2.24) is 0 Å². The monoisotopic (exact) mass is 195 g/mol. The van der Waals surface area contributed by atoms with Crippen molar-refractivity contribution in [2.45, 2.75) is 20.8 Å². The molecule has 0 aromatic heterocycles. The summed E-state index contributed by atoms with van der Waals surface area (Å²) in [5.41, 5.74) is -0.139. The van der Waals surface area contributed by atoms with Crippen LogP contribution in [0.2, 0.25) is 0 Å². The Balaban J connectivity index is 0.000000791. The van der Waals surface area contributed by atoms with Gasteiger partial charge in [0, 0.05) is 6.08 Å². The minimum absolute atomic E-state index is 0.0794. The molecule has 0 unspecified atom stereocenters. The van der Waals surface area contributed by atoms with E-state index in [1.807, 2.05) is 13.8 Å². The minimum Gasteiger partial charge on any atom is -0.298 e. The van der Waals surface area contributed by atoms with E-state index in [0.29, 0.717) is 5.57 Å². The summed E-state index contributed by atoms with van der Waals surface area (Å²) in [7, 11) is 0. The predicted octanol–water partition coefficient (Wildman–Crippen LogP) is 2.17. The van der Waals surface area contributed by atoms with Crippen LogP contribution < -0.4 is 0 Å². The van der Waals surface area contributed by atoms with E-state index in [2.05, 4.69) is 0 Å². The highest BCUT2D eigenvalue weighted by Gasteiger charge is 2.24. The highest BCUT2D eigenvalue weighted by atomic mass is 16.6. The van der Waals surface area contributed by atoms with Gasteiger partial charge in [-0.05, 0) is 12.5 Å². The summed E-state index contributed by atoms with van der Waals surface area (Å²) in [4.78, 5) is 9.63. The van der Waals surface area contributed by atoms with Crippen molar-refractivity contribution in [2.24, 2.45) is 0 Å². The Kier molecular flexibility index (Phi) is 4.42. The Labute approximate surface area is 82.3 Å². The second-order valence-corrected chi connectivity index (χ2v) is 2.41. The Morgan fingerprint density at radius 2 is 1.71 bits per heavy atom. The topological polar surface area (TPSA) is 90.8 Å². The summed E-state index contributed by atoms with van der Waals surface area (Å²) < 4.78 is 0. The van der Waals surface area contributed by atoms with Crippen LogP contribution in [-0.2, 0) is 0 Å². The van der Waals surface area contributed by atoms with Gasteiger partial charge in [0.25, 0.3) is 5.70 Å². The summed E-state index contributed by atoms with van der Waals surface area (Å²) in [5.74, 6) is 0. The summed E-state index contributed by atoms with van der Waals surface area (Å²) >= 11 is 0. The lowest BCUT2D eigenvalue weighted by molar-refractivity contribution is -0.414. The SMILES string of the molecule is CC.CC1=CC=C([N+](=O)[O-])C(=N)C1=N. The third-order valence-corrected chi connectivity index (χ3v) is 1.59. The van der Waals surface area contributed by atoms with E-state index in [9.17, 15) is 10.1 Å². The van der Waals surface area contributed by atoms with Crippen molar-refractivity contribution in [3.05, 3.63) is 33.5 Å². The molecule has 0 aromatic carbocycles. The van der Waals surface area contributed by atoms with Crippen LogP contribution >= 0.6 is 0 Å². The Bertz CT molecular complexity index is 340. The molecule has 0 saturated carbocycles. The first-order valence-corrected chi connectivity index (χ1v) is 4.25. The third kappa shape index (κ3) is 2.35. The number of hydrogen-bond acceptors (Lipinski definition) is 4. The standard InChI is InChI=1S/C7H7N3O2.C2H6/c1-4-2-3-5(10(11)12)7(9)6(4)8;1-2/h2-3,8-9H,1H3;1-2H3. The van der Waals surface area contributed by atoms with Crippen molar-refractivity contribution in [3.8, 4) is 0 Å². The van der Waals surface area contributed by atoms with E-state index >= 15 is 0 Å². The Hall–Kier alpha value is -1.78. The van der Waals surface area contributed by atoms with Gasteiger partial charge in [0.1, 0.15) is 0 Å². The molecule has 0 atom stereocenters. The van der Waals surface area contributed by atoms with E-state index in [-0.39, 0.29) is 17.1 Å². The van der Waals surface area contributed by atoms with Gasteiger partial charge < -0.3 is 0 Å². The van der Waals surface area contributed by atoms with Crippen LogP contribution in [0.3, 0.4) is 0 Å². The minimum atomic E-state index is -0.653. The first-order chi connectivity index (χ1) is 6.54. The van der Waals surface area contributed by atoms with Gasteiger partial charge >= 0.3 is 0 Å². The normalized spacial score (nSPS) is 15.1. The molecule has 0 bridgehead atoms. The number of hydrogen-bond donors (Lipinski definition) is 2. The van der Waals surface area contributed by atoms with Gasteiger partial charge in [0.05, 0.1) is 10.6 Å². The molecule has 0 spiro atoms. The van der Waals surface area contributed by atoms with Crippen LogP contribution in [0.15, 0.2) is 23.4 Å². The molecular weight excluding hydrogens is 182 g/mol. The van der Waals surface area contributed by atoms with Crippen molar-refractivity contribution in [3.63, 3.8) is 0 Å². The van der Waals surface area contributed by atoms with Gasteiger partial charge in [0.2, 0.25) is 0 Å². The summed E-state index contributed by atoms with van der Waals surface area (Å²) in [6.45, 7) is 5.64. The molecule has 1 aliphatic carbocycles. The molecule has 1 rings (SSSR count). The third-order valence-electron chi connectivity index (χ3n) is 1.59. The lowest BCUT2D eigenvalue weighted by Gasteiger charge is -2.07. The van der Waals surface area contributed by atoms with Gasteiger partial charge in [-0.1, -0.05) is 19.9 Å². The molecule has 0 saturated heterocycles. The summed E-state index contributed by atoms with van der Waals surface area (Å²) in [6, 6.07) is 0. The Morgan fingerprint density at radius 1 is 1.21 bits per heavy atom. The van der Waals surface area contributed by atoms with Gasteiger partial charge in [-0.25, -0.2) is 0 Å². The predicted molar refractivity (Wildman–Crippen MR) is 55.6 cm³/mol. The second-order valence-electron chi connectivity index (χ2n) is 2.41. The molecule has 2 N–H and O–H groups in total. The highest BCUT2D eigenvalue weighted by molar-refractivity contribution is 6.51. The van der Waals surface area contributed by atoms with Crippen LogP contribution in [0.4, 0.5) is 0 Å². The van der Waals surface area contributed by atoms with E-state index in [1.54, 1.807) is 6.92 Å². The van der Waals surface area contributed by atoms with Crippen LogP contribution in [-0.4, -0.2) is 16.3 Å². The molecule has 76 valence electrons. The quantitative estimate of drug-likeness (QED) is 0.381. The van der Waals surface area contributed by atoms with Crippen LogP contribution in [0.25, 0.3) is 0 Å². The first-order valence-electron chi connectivity index (χ1n) is 4.25. The van der Waals surface area contributed by atoms with Crippen molar-refractivity contribution >= 4 is 11.4 Å². The maximum atomic E-state index is 10.3. The zero-order chi connectivity index (χ0) is 11.3. The molecule has 14 heavy (non-hydrogen) atoms. The number of allylic oxidation sites excluding steroid dienone is 4. The molecule has 0 radical (unpaired) electrons. The van der Waals surface area contributed by atoms with Crippen LogP contribution in [0.5, 0.6) is 0 Å². The average Bonchev–Trinajstić information content (AvgIpc) is 2.17. The molecule has 1 aliphatic rings. The lowest BCUT2D eigenvalue weighted by atomic mass is 10.00. The number of nitro groups is 1. The summed E-state index contributed by atoms with van der Waals surface area (Å²) in [5, 5.41) is 24.8. The van der Waals surface area contributed by atoms with E-state index in [4.69, 9.17) is 10.8 Å². The van der Waals surface area contributed by atoms with E-state index in [0.717, 1.165) is 0 Å². The maximum Gasteiger partial charge on any atom is 0.296 e. The molecule has 0 aromatic rings. The molecule has 0 aliphatic heterocycles. The fourth-order valence-electron chi connectivity index (χ4n) is 0.848. The number of nitrogens with one attached hydrogen (secondary N) is 2. The largest absolute Gasteiger partial charge is 0.298 e. The smallest absolute Gasteiger partial charge is 0.296 e. The number of nitrogens with zero attached hydrogens (tertiary/aromatic N) is 1. The van der Waals surface area contributed by atoms with Crippen molar-refractivity contribution < 1.29 is 4.92 Å². The average molecular weight is 195 g/mol. The fourth-order valence-corrected chi connectivity index (χ4v) is 0.848. The maximum absolute atomic E-state index is 10.3. The molecule has 5 nitrogen and oxygen atoms in total. The van der Waals surface area contributed by atoms with Crippen molar-refractivity contribution in [2.75, 3.05) is 0 Å². The molecular formula is C9H13N3O2. The van der Waals surface area contributed by atoms with E-state index < -0.39 is 4.92 Å². The molecule has 0 heterocycles. The number of rotatable bonds is 1. The zero-order valence-corrected chi connectivity index (χ0v) is 8.42. The second kappa shape index (κ2) is 5.06. The molecule has 5 heteroatoms. The molecule has 0 amide bonds. The fraction of sp³-hybridized carbons (Fsp3) is 0.333. The van der Waals surface area contributed by atoms with Gasteiger partial charge in [-0.15, -0.1) is 0 Å². The van der Waals surface area contributed by atoms with Gasteiger partial charge in [0.15, 0.2) is 5.71 Å². The van der Waals surface area contributed by atoms with Crippen LogP contribution in [0, 0.1) is 20.9 Å². The summed E-state index contributed by atoms with van der Waals surface area (Å²) in [6.07, 6.45) is 2.72. The van der Waals surface area contributed by atoms with Gasteiger partial charge in [-0.2, -0.15) is 0 Å². The Morgan fingerprint density at radius 3 is 2.14 bits per heavy atom. The first kappa shape index (κ1) is 12.2. The zero-order valence-electron chi connectivity index (χ0n) is 8.42.